The Morgan fingerprint density at radius 2 is 1.52 bits per heavy atom. The summed E-state index contributed by atoms with van der Waals surface area (Å²) in [5.41, 5.74) is 0. The van der Waals surface area contributed by atoms with Gasteiger partial charge in [-0.1, -0.05) is 32.6 Å². The molecule has 1 unspecified atom stereocenters. The van der Waals surface area contributed by atoms with Crippen LogP contribution in [0.4, 0.5) is 0 Å². The van der Waals surface area contributed by atoms with Crippen molar-refractivity contribution in [2.45, 2.75) is 45.1 Å². The molecule has 1 aliphatic rings. The quantitative estimate of drug-likeness (QED) is 0.711. The highest BCUT2D eigenvalue weighted by Gasteiger charge is 2.09. The Kier molecular flexibility index (Phi) is 14.5. The average molecular weight is 337 g/mol. The van der Waals surface area contributed by atoms with E-state index in [-0.39, 0.29) is 0 Å². The Morgan fingerprint density at radius 1 is 0.810 bits per heavy atom. The average Bonchev–Trinajstić information content (AvgIpc) is 2.51. The van der Waals surface area contributed by atoms with Gasteiger partial charge in [0.15, 0.2) is 0 Å². The van der Waals surface area contributed by atoms with Gasteiger partial charge >= 0.3 is 0 Å². The van der Waals surface area contributed by atoms with Gasteiger partial charge in [0.1, 0.15) is 0 Å². The van der Waals surface area contributed by atoms with Gasteiger partial charge in [0.2, 0.25) is 0 Å². The molecule has 3 nitrogen and oxygen atoms in total. The topological polar surface area (TPSA) is 27.7 Å². The predicted octanol–water partition coefficient (Wildman–Crippen LogP) is 3.86. The molecular formula is C16H32O3S2. The smallest absolute Gasteiger partial charge is 0.0700 e. The molecule has 1 heterocycles. The highest BCUT2D eigenvalue weighted by atomic mass is 32.2. The highest BCUT2D eigenvalue weighted by molar-refractivity contribution is 7.99. The molecule has 0 amide bonds. The first-order valence-electron chi connectivity index (χ1n) is 8.36. The van der Waals surface area contributed by atoms with E-state index < -0.39 is 0 Å². The third-order valence-electron chi connectivity index (χ3n) is 3.38. The Bertz CT molecular complexity index is 202. The van der Waals surface area contributed by atoms with Gasteiger partial charge in [0.05, 0.1) is 39.1 Å². The lowest BCUT2D eigenvalue weighted by Crippen LogP contribution is -2.18. The predicted molar refractivity (Wildman–Crippen MR) is 94.8 cm³/mol. The summed E-state index contributed by atoms with van der Waals surface area (Å²) in [6.45, 7) is 6.23. The molecular weight excluding hydrogens is 304 g/mol. The molecule has 5 heteroatoms. The summed E-state index contributed by atoms with van der Waals surface area (Å²) in [4.78, 5) is 0. The molecule has 0 aromatic rings. The molecule has 1 fully saturated rings. The monoisotopic (exact) mass is 336 g/mol. The van der Waals surface area contributed by atoms with Crippen LogP contribution in [0.1, 0.15) is 39.0 Å². The Hall–Kier alpha value is 0.580. The SMILES string of the molecule is CCCCCCC1CSCCOCCOCCSCCO1. The first kappa shape index (κ1) is 19.6. The molecule has 0 aromatic heterocycles. The second-order valence-corrected chi connectivity index (χ2v) is 7.63. The second kappa shape index (κ2) is 15.5. The van der Waals surface area contributed by atoms with E-state index >= 15 is 0 Å². The molecule has 0 aliphatic carbocycles. The van der Waals surface area contributed by atoms with Crippen molar-refractivity contribution in [1.82, 2.24) is 0 Å². The second-order valence-electron chi connectivity index (χ2n) is 5.25. The largest absolute Gasteiger partial charge is 0.378 e. The normalized spacial score (nSPS) is 24.1. The number of ether oxygens (including phenoxy) is 3. The zero-order valence-corrected chi connectivity index (χ0v) is 15.2. The van der Waals surface area contributed by atoms with Gasteiger partial charge < -0.3 is 14.2 Å². The van der Waals surface area contributed by atoms with E-state index in [1.165, 1.54) is 32.1 Å². The van der Waals surface area contributed by atoms with E-state index in [0.717, 1.165) is 56.0 Å². The summed E-state index contributed by atoms with van der Waals surface area (Å²) in [6.07, 6.45) is 6.93. The van der Waals surface area contributed by atoms with Crippen LogP contribution in [-0.4, -0.2) is 62.1 Å². The van der Waals surface area contributed by atoms with Gasteiger partial charge in [-0.25, -0.2) is 0 Å². The van der Waals surface area contributed by atoms with Crippen molar-refractivity contribution in [2.75, 3.05) is 56.0 Å². The van der Waals surface area contributed by atoms with E-state index in [0.29, 0.717) is 6.10 Å². The summed E-state index contributed by atoms with van der Waals surface area (Å²) >= 11 is 3.88. The number of unbranched alkanes of at least 4 members (excludes halogenated alkanes) is 3. The Labute approximate surface area is 139 Å². The Balaban J connectivity index is 2.20. The van der Waals surface area contributed by atoms with Gasteiger partial charge in [-0.05, 0) is 6.42 Å². The van der Waals surface area contributed by atoms with E-state index in [9.17, 15) is 0 Å². The summed E-state index contributed by atoms with van der Waals surface area (Å²) in [5.74, 6) is 4.30. The van der Waals surface area contributed by atoms with Crippen LogP contribution >= 0.6 is 23.5 Å². The third-order valence-corrected chi connectivity index (χ3v) is 5.35. The van der Waals surface area contributed by atoms with Crippen molar-refractivity contribution in [3.8, 4) is 0 Å². The minimum atomic E-state index is 0.425. The molecule has 1 saturated heterocycles. The fourth-order valence-electron chi connectivity index (χ4n) is 2.16. The molecule has 0 aromatic carbocycles. The van der Waals surface area contributed by atoms with Crippen molar-refractivity contribution in [3.63, 3.8) is 0 Å². The number of rotatable bonds is 5. The molecule has 1 aliphatic heterocycles. The first-order chi connectivity index (χ1) is 10.4. The summed E-state index contributed by atoms with van der Waals surface area (Å²) in [7, 11) is 0. The van der Waals surface area contributed by atoms with E-state index in [1.807, 2.05) is 23.5 Å². The maximum Gasteiger partial charge on any atom is 0.0700 e. The van der Waals surface area contributed by atoms with Crippen molar-refractivity contribution < 1.29 is 14.2 Å². The minimum Gasteiger partial charge on any atom is -0.378 e. The highest BCUT2D eigenvalue weighted by Crippen LogP contribution is 2.14. The standard InChI is InChI=1S/C16H32O3S2/c1-2-3-4-5-6-16-15-21-13-10-18-8-7-17-9-12-20-14-11-19-16/h16H,2-15H2,1H3. The maximum atomic E-state index is 6.08. The van der Waals surface area contributed by atoms with Crippen LogP contribution in [0.15, 0.2) is 0 Å². The fraction of sp³-hybridized carbons (Fsp3) is 1.00. The zero-order chi connectivity index (χ0) is 15.0. The minimum absolute atomic E-state index is 0.425. The van der Waals surface area contributed by atoms with Crippen LogP contribution in [-0.2, 0) is 14.2 Å². The summed E-state index contributed by atoms with van der Waals surface area (Å²) in [6, 6.07) is 0. The lowest BCUT2D eigenvalue weighted by atomic mass is 10.1. The van der Waals surface area contributed by atoms with Gasteiger partial charge in [-0.2, -0.15) is 23.5 Å². The van der Waals surface area contributed by atoms with Crippen molar-refractivity contribution >= 4 is 23.5 Å². The van der Waals surface area contributed by atoms with E-state index in [4.69, 9.17) is 14.2 Å². The number of hydrogen-bond donors (Lipinski definition) is 0. The zero-order valence-electron chi connectivity index (χ0n) is 13.5. The molecule has 0 spiro atoms. The van der Waals surface area contributed by atoms with Crippen molar-refractivity contribution in [3.05, 3.63) is 0 Å². The van der Waals surface area contributed by atoms with Gasteiger partial charge in [-0.15, -0.1) is 0 Å². The maximum absolute atomic E-state index is 6.08. The number of hydrogen-bond acceptors (Lipinski definition) is 5. The van der Waals surface area contributed by atoms with Crippen LogP contribution in [0.25, 0.3) is 0 Å². The molecule has 0 bridgehead atoms. The summed E-state index contributed by atoms with van der Waals surface area (Å²) < 4.78 is 17.2. The molecule has 0 N–H and O–H groups in total. The van der Waals surface area contributed by atoms with Crippen LogP contribution < -0.4 is 0 Å². The fourth-order valence-corrected chi connectivity index (χ4v) is 3.74. The van der Waals surface area contributed by atoms with E-state index in [2.05, 4.69) is 6.92 Å². The van der Waals surface area contributed by atoms with Crippen molar-refractivity contribution in [1.29, 1.82) is 0 Å². The molecule has 126 valence electrons. The molecule has 21 heavy (non-hydrogen) atoms. The molecule has 0 radical (unpaired) electrons. The summed E-state index contributed by atoms with van der Waals surface area (Å²) in [5, 5.41) is 0. The van der Waals surface area contributed by atoms with Gasteiger partial charge in [-0.3, -0.25) is 0 Å². The van der Waals surface area contributed by atoms with Gasteiger partial charge in [0.25, 0.3) is 0 Å². The molecule has 1 atom stereocenters. The lowest BCUT2D eigenvalue weighted by Gasteiger charge is -2.17. The van der Waals surface area contributed by atoms with Crippen LogP contribution in [0, 0.1) is 0 Å². The van der Waals surface area contributed by atoms with Crippen LogP contribution in [0.2, 0.25) is 0 Å². The van der Waals surface area contributed by atoms with E-state index in [1.54, 1.807) is 0 Å². The third kappa shape index (κ3) is 12.8. The van der Waals surface area contributed by atoms with Crippen LogP contribution in [0.3, 0.4) is 0 Å². The molecule has 0 saturated carbocycles. The first-order valence-corrected chi connectivity index (χ1v) is 10.7. The Morgan fingerprint density at radius 3 is 2.29 bits per heavy atom. The van der Waals surface area contributed by atoms with Crippen molar-refractivity contribution in [2.24, 2.45) is 0 Å². The van der Waals surface area contributed by atoms with Crippen LogP contribution in [0.5, 0.6) is 0 Å². The molecule has 1 rings (SSSR count). The lowest BCUT2D eigenvalue weighted by molar-refractivity contribution is 0.0605. The van der Waals surface area contributed by atoms with Gasteiger partial charge in [0, 0.05) is 23.0 Å². The number of thioether (sulfide) groups is 2.